The predicted molar refractivity (Wildman–Crippen MR) is 43.1 cm³/mol. The highest BCUT2D eigenvalue weighted by atomic mass is 16.5. The van der Waals surface area contributed by atoms with Crippen LogP contribution in [0.15, 0.2) is 0 Å². The fraction of sp³-hybridized carbons (Fsp3) is 1.00. The molecule has 0 aromatic carbocycles. The van der Waals surface area contributed by atoms with Crippen molar-refractivity contribution in [3.8, 4) is 0 Å². The minimum Gasteiger partial charge on any atom is -0.385 e. The Hall–Kier alpha value is 0.0249. The number of hydrogen-bond donors (Lipinski definition) is 0. The van der Waals surface area contributed by atoms with Crippen LogP contribution in [-0.4, -0.2) is 20.0 Å². The molecule has 0 aliphatic carbocycles. The third-order valence-electron chi connectivity index (χ3n) is 1.87. The van der Waals surface area contributed by atoms with Gasteiger partial charge in [-0.05, 0) is 25.2 Å². The van der Waals surface area contributed by atoms with Crippen molar-refractivity contribution in [1.29, 1.82) is 0 Å². The monoisotopic (exact) mass is 138 g/mol. The fourth-order valence-corrected chi connectivity index (χ4v) is 1.43. The van der Waals surface area contributed by atoms with Crippen LogP contribution in [0.2, 0.25) is 0 Å². The second kappa shape index (κ2) is 3.43. The van der Waals surface area contributed by atoms with E-state index in [2.05, 4.69) is 13.8 Å². The predicted octanol–water partition coefficient (Wildman–Crippen LogP) is 1.71. The molecule has 2 heteroatoms. The van der Waals surface area contributed by atoms with E-state index in [0.717, 1.165) is 25.2 Å². The molecular weight excluding hydrogens is 123 g/mol. The third-order valence-corrected chi connectivity index (χ3v) is 1.87. The van der Waals surface area contributed by atoms with Crippen LogP contribution in [0.3, 0.4) is 0 Å². The molecule has 0 N–H and O–H groups in total. The van der Waals surface area contributed by atoms with Crippen LogP contribution in [-0.2, 0) is 4.74 Å². The smallest absolute Gasteiger partial charge is 0.109 e. The Morgan fingerprint density at radius 3 is 2.60 bits per heavy atom. The molecule has 56 valence electrons. The van der Waals surface area contributed by atoms with Gasteiger partial charge >= 0.3 is 0 Å². The van der Waals surface area contributed by atoms with E-state index in [9.17, 15) is 0 Å². The summed E-state index contributed by atoms with van der Waals surface area (Å²) in [4.78, 5) is 0. The molecule has 0 aromatic heterocycles. The summed E-state index contributed by atoms with van der Waals surface area (Å²) in [6.07, 6.45) is 3.79. The van der Waals surface area contributed by atoms with Gasteiger partial charge in [0.25, 0.3) is 0 Å². The highest BCUT2D eigenvalue weighted by Crippen LogP contribution is 2.22. The largest absolute Gasteiger partial charge is 0.385 e. The summed E-state index contributed by atoms with van der Waals surface area (Å²) in [5.41, 5.74) is 0. The summed E-state index contributed by atoms with van der Waals surface area (Å²) in [6, 6.07) is 0.0174. The standard InChI is InChI=1S/C8H15BO/c1-6(2)5-7-3-4-8(9)10-7/h6-8H,3-5H2,1-2H3/t7?,8-/m1/s1. The lowest BCUT2D eigenvalue weighted by Gasteiger charge is -2.12. The average molecular weight is 138 g/mol. The molecule has 0 amide bonds. The van der Waals surface area contributed by atoms with E-state index < -0.39 is 0 Å². The van der Waals surface area contributed by atoms with Crippen molar-refractivity contribution in [1.82, 2.24) is 0 Å². The Morgan fingerprint density at radius 2 is 2.20 bits per heavy atom. The van der Waals surface area contributed by atoms with E-state index in [4.69, 9.17) is 12.6 Å². The van der Waals surface area contributed by atoms with Crippen molar-refractivity contribution < 1.29 is 4.74 Å². The first-order valence-corrected chi connectivity index (χ1v) is 4.09. The molecule has 0 aromatic rings. The van der Waals surface area contributed by atoms with Crippen LogP contribution in [0, 0.1) is 5.92 Å². The first kappa shape index (κ1) is 8.12. The van der Waals surface area contributed by atoms with Gasteiger partial charge in [0.1, 0.15) is 7.85 Å². The SMILES string of the molecule is [B][C@H]1CCC(CC(C)C)O1. The molecule has 1 fully saturated rings. The molecule has 0 saturated carbocycles. The normalized spacial score (nSPS) is 33.5. The molecular formula is C8H15BO. The minimum absolute atomic E-state index is 0.0174. The Kier molecular flexibility index (Phi) is 2.78. The van der Waals surface area contributed by atoms with E-state index >= 15 is 0 Å². The van der Waals surface area contributed by atoms with Crippen molar-refractivity contribution in [3.05, 3.63) is 0 Å². The average Bonchev–Trinajstić information content (AvgIpc) is 2.13. The Bertz CT molecular complexity index is 103. The number of hydrogen-bond acceptors (Lipinski definition) is 1. The molecule has 1 heterocycles. The van der Waals surface area contributed by atoms with Crippen molar-refractivity contribution in [2.45, 2.75) is 45.2 Å². The molecule has 1 rings (SSSR count). The highest BCUT2D eigenvalue weighted by molar-refractivity contribution is 6.11. The molecule has 2 atom stereocenters. The molecule has 2 radical (unpaired) electrons. The molecule has 1 unspecified atom stereocenters. The van der Waals surface area contributed by atoms with Crippen LogP contribution in [0.5, 0.6) is 0 Å². The zero-order valence-electron chi connectivity index (χ0n) is 6.84. The first-order valence-electron chi connectivity index (χ1n) is 4.09. The van der Waals surface area contributed by atoms with Gasteiger partial charge in [0.05, 0.1) is 6.10 Å². The second-order valence-corrected chi connectivity index (χ2v) is 3.50. The van der Waals surface area contributed by atoms with E-state index in [0.29, 0.717) is 6.10 Å². The van der Waals surface area contributed by atoms with Crippen LogP contribution >= 0.6 is 0 Å². The molecule has 1 saturated heterocycles. The highest BCUT2D eigenvalue weighted by Gasteiger charge is 2.21. The Labute approximate surface area is 64.6 Å². The Morgan fingerprint density at radius 1 is 1.50 bits per heavy atom. The molecule has 0 bridgehead atoms. The third kappa shape index (κ3) is 2.33. The maximum absolute atomic E-state index is 5.58. The zero-order valence-corrected chi connectivity index (χ0v) is 6.84. The van der Waals surface area contributed by atoms with Gasteiger partial charge in [-0.1, -0.05) is 13.8 Å². The minimum atomic E-state index is 0.0174. The fourth-order valence-electron chi connectivity index (χ4n) is 1.43. The van der Waals surface area contributed by atoms with Gasteiger partial charge in [0, 0.05) is 6.00 Å². The summed E-state index contributed by atoms with van der Waals surface area (Å²) < 4.78 is 5.45. The summed E-state index contributed by atoms with van der Waals surface area (Å²) in [6.45, 7) is 4.43. The number of ether oxygens (including phenoxy) is 1. The van der Waals surface area contributed by atoms with E-state index in [-0.39, 0.29) is 6.00 Å². The topological polar surface area (TPSA) is 9.23 Å². The lowest BCUT2D eigenvalue weighted by atomic mass is 9.96. The van der Waals surface area contributed by atoms with Gasteiger partial charge in [0.15, 0.2) is 0 Å². The van der Waals surface area contributed by atoms with Gasteiger partial charge in [-0.15, -0.1) is 0 Å². The molecule has 0 spiro atoms. The van der Waals surface area contributed by atoms with Crippen molar-refractivity contribution >= 4 is 7.85 Å². The van der Waals surface area contributed by atoms with Gasteiger partial charge in [-0.25, -0.2) is 0 Å². The zero-order chi connectivity index (χ0) is 7.56. The van der Waals surface area contributed by atoms with Crippen LogP contribution in [0.25, 0.3) is 0 Å². The van der Waals surface area contributed by atoms with Crippen molar-refractivity contribution in [2.24, 2.45) is 5.92 Å². The van der Waals surface area contributed by atoms with Crippen LogP contribution in [0.4, 0.5) is 0 Å². The summed E-state index contributed by atoms with van der Waals surface area (Å²) >= 11 is 0. The molecule has 1 aliphatic heterocycles. The van der Waals surface area contributed by atoms with E-state index in [1.165, 1.54) is 0 Å². The van der Waals surface area contributed by atoms with Crippen LogP contribution in [0.1, 0.15) is 33.1 Å². The van der Waals surface area contributed by atoms with Crippen molar-refractivity contribution in [3.63, 3.8) is 0 Å². The van der Waals surface area contributed by atoms with Gasteiger partial charge in [0.2, 0.25) is 0 Å². The van der Waals surface area contributed by atoms with Gasteiger partial charge in [-0.3, -0.25) is 0 Å². The summed E-state index contributed by atoms with van der Waals surface area (Å²) in [5.74, 6) is 0.732. The first-order chi connectivity index (χ1) is 4.68. The maximum atomic E-state index is 5.58. The Balaban J connectivity index is 2.18. The summed E-state index contributed by atoms with van der Waals surface area (Å²) in [7, 11) is 5.58. The quantitative estimate of drug-likeness (QED) is 0.527. The maximum Gasteiger partial charge on any atom is 0.109 e. The lowest BCUT2D eigenvalue weighted by Crippen LogP contribution is -2.12. The summed E-state index contributed by atoms with van der Waals surface area (Å²) in [5, 5.41) is 0. The second-order valence-electron chi connectivity index (χ2n) is 3.50. The molecule has 1 nitrogen and oxygen atoms in total. The molecule has 10 heavy (non-hydrogen) atoms. The number of rotatable bonds is 2. The van der Waals surface area contributed by atoms with Crippen LogP contribution < -0.4 is 0 Å². The van der Waals surface area contributed by atoms with E-state index in [1.807, 2.05) is 0 Å². The molecule has 1 aliphatic rings. The van der Waals surface area contributed by atoms with Crippen molar-refractivity contribution in [2.75, 3.05) is 0 Å². The van der Waals surface area contributed by atoms with Gasteiger partial charge < -0.3 is 4.74 Å². The van der Waals surface area contributed by atoms with Gasteiger partial charge in [-0.2, -0.15) is 0 Å². The van der Waals surface area contributed by atoms with E-state index in [1.54, 1.807) is 0 Å². The lowest BCUT2D eigenvalue weighted by molar-refractivity contribution is 0.0733.